The van der Waals surface area contributed by atoms with E-state index in [9.17, 15) is 28.4 Å². The van der Waals surface area contributed by atoms with Crippen LogP contribution in [0.2, 0.25) is 0 Å². The van der Waals surface area contributed by atoms with Crippen molar-refractivity contribution in [3.8, 4) is 11.8 Å². The summed E-state index contributed by atoms with van der Waals surface area (Å²) in [4.78, 5) is 39.8. The molecule has 3 amide bonds. The minimum absolute atomic E-state index is 0.00694. The number of ether oxygens (including phenoxy) is 2. The average molecular weight is 631 g/mol. The lowest BCUT2D eigenvalue weighted by Crippen LogP contribution is -2.41. The maximum Gasteiger partial charge on any atom is 0.298 e. The molecule has 46 heavy (non-hydrogen) atoms. The highest BCUT2D eigenvalue weighted by Gasteiger charge is 2.35. The molecule has 0 radical (unpaired) electrons. The fourth-order valence-electron chi connectivity index (χ4n) is 4.59. The molecular weight excluding hydrogens is 598 g/mol. The van der Waals surface area contributed by atoms with Crippen LogP contribution in [-0.2, 0) is 22.0 Å². The zero-order valence-corrected chi connectivity index (χ0v) is 25.7. The molecule has 5 rings (SSSR count). The van der Waals surface area contributed by atoms with E-state index in [0.29, 0.717) is 18.0 Å². The van der Waals surface area contributed by atoms with E-state index in [-0.39, 0.29) is 52.7 Å². The first-order valence-electron chi connectivity index (χ1n) is 14.0. The quantitative estimate of drug-likeness (QED) is 0.303. The number of likely N-dealkylation sites (N-methyl/N-ethyl adjacent to an activating group) is 1. The number of carbonyl (C=O) groups excluding carboxylic acids is 3. The smallest absolute Gasteiger partial charge is 0.298 e. The summed E-state index contributed by atoms with van der Waals surface area (Å²) in [5, 5.41) is 16.2. The van der Waals surface area contributed by atoms with Gasteiger partial charge in [0.05, 0.1) is 31.1 Å². The number of aromatic nitrogens is 2. The van der Waals surface area contributed by atoms with Gasteiger partial charge >= 0.3 is 0 Å². The molecule has 4 aromatic rings. The first-order chi connectivity index (χ1) is 22.0. The summed E-state index contributed by atoms with van der Waals surface area (Å²) in [5.41, 5.74) is 0.902. The number of methoxy groups -OCH3 is 2. The second kappa shape index (κ2) is 14.4. The number of rotatable bonds is 8. The van der Waals surface area contributed by atoms with Crippen molar-refractivity contribution in [3.05, 3.63) is 107 Å². The fraction of sp³-hybridized carbons (Fsp3) is 0.242. The Morgan fingerprint density at radius 1 is 1.02 bits per heavy atom. The number of halogens is 2. The summed E-state index contributed by atoms with van der Waals surface area (Å²) < 4.78 is 41.1. The third-order valence-corrected chi connectivity index (χ3v) is 7.10. The number of anilines is 2. The van der Waals surface area contributed by atoms with Gasteiger partial charge in [-0.2, -0.15) is 19.1 Å². The van der Waals surface area contributed by atoms with Gasteiger partial charge in [-0.3, -0.25) is 19.1 Å². The standard InChI is InChI=1S/C28H21F2N5O3.C5H11NO2/c1-38-24-12-7-18(15-19(24)16-31)26(36)33-23-17-32-35-14-13-34(27(37)25(23)35)22-10-8-21(9-11-22)28(29,30)20-5-3-2-4-6-20;1-6(2)5(7)4-8-3/h2-12,15,17H,13-14H2,1H3,(H,33,36);4H2,1-3H3. The van der Waals surface area contributed by atoms with Crippen LogP contribution in [-0.4, -0.2) is 73.9 Å². The Morgan fingerprint density at radius 3 is 2.28 bits per heavy atom. The molecule has 11 nitrogen and oxygen atoms in total. The van der Waals surface area contributed by atoms with E-state index < -0.39 is 17.7 Å². The van der Waals surface area contributed by atoms with Crippen molar-refractivity contribution < 1.29 is 32.6 Å². The van der Waals surface area contributed by atoms with Gasteiger partial charge in [0.1, 0.15) is 24.1 Å². The maximum atomic E-state index is 14.9. The number of nitriles is 1. The van der Waals surface area contributed by atoms with Crippen LogP contribution in [0.15, 0.2) is 79.0 Å². The van der Waals surface area contributed by atoms with Crippen LogP contribution in [0.25, 0.3) is 0 Å². The number of alkyl halides is 2. The van der Waals surface area contributed by atoms with Gasteiger partial charge in [-0.1, -0.05) is 42.5 Å². The van der Waals surface area contributed by atoms with Crippen molar-refractivity contribution in [1.82, 2.24) is 14.7 Å². The van der Waals surface area contributed by atoms with Crippen LogP contribution in [0, 0.1) is 11.3 Å². The molecule has 0 saturated carbocycles. The van der Waals surface area contributed by atoms with Gasteiger partial charge in [0, 0.05) is 50.1 Å². The Hall–Kier alpha value is -5.61. The normalized spacial score (nSPS) is 12.3. The molecule has 13 heteroatoms. The highest BCUT2D eigenvalue weighted by molar-refractivity contribution is 6.13. The molecule has 0 bridgehead atoms. The van der Waals surface area contributed by atoms with E-state index in [4.69, 9.17) is 4.74 Å². The molecule has 1 aliphatic heterocycles. The predicted octanol–water partition coefficient (Wildman–Crippen LogP) is 4.54. The number of amides is 3. The number of hydrogen-bond donors (Lipinski definition) is 1. The van der Waals surface area contributed by atoms with Gasteiger partial charge in [-0.05, 0) is 30.3 Å². The Morgan fingerprint density at radius 2 is 1.70 bits per heavy atom. The lowest BCUT2D eigenvalue weighted by molar-refractivity contribution is -0.132. The van der Waals surface area contributed by atoms with Gasteiger partial charge in [-0.15, -0.1) is 0 Å². The van der Waals surface area contributed by atoms with E-state index in [1.54, 1.807) is 32.3 Å². The van der Waals surface area contributed by atoms with Crippen LogP contribution >= 0.6 is 0 Å². The van der Waals surface area contributed by atoms with Crippen molar-refractivity contribution in [2.24, 2.45) is 0 Å². The fourth-order valence-corrected chi connectivity index (χ4v) is 4.59. The van der Waals surface area contributed by atoms with Gasteiger partial charge in [0.25, 0.3) is 17.7 Å². The molecule has 0 spiro atoms. The van der Waals surface area contributed by atoms with E-state index in [1.807, 2.05) is 6.07 Å². The van der Waals surface area contributed by atoms with Gasteiger partial charge in [0.2, 0.25) is 5.91 Å². The molecule has 3 aromatic carbocycles. The molecule has 0 saturated heterocycles. The minimum Gasteiger partial charge on any atom is -0.495 e. The number of hydrogen-bond acceptors (Lipinski definition) is 7. The monoisotopic (exact) mass is 630 g/mol. The van der Waals surface area contributed by atoms with Gasteiger partial charge in [-0.25, -0.2) is 0 Å². The number of nitrogens with one attached hydrogen (secondary N) is 1. The lowest BCUT2D eigenvalue weighted by Gasteiger charge is -2.28. The summed E-state index contributed by atoms with van der Waals surface area (Å²) in [6.07, 6.45) is 1.38. The highest BCUT2D eigenvalue weighted by atomic mass is 19.3. The molecule has 0 fully saturated rings. The number of benzene rings is 3. The molecule has 1 N–H and O–H groups in total. The van der Waals surface area contributed by atoms with Crippen molar-refractivity contribution >= 4 is 29.1 Å². The minimum atomic E-state index is -3.19. The van der Waals surface area contributed by atoms with E-state index in [2.05, 4.69) is 15.2 Å². The van der Waals surface area contributed by atoms with Crippen molar-refractivity contribution in [2.75, 3.05) is 51.7 Å². The van der Waals surface area contributed by atoms with Crippen LogP contribution in [0.4, 0.5) is 20.2 Å². The summed E-state index contributed by atoms with van der Waals surface area (Å²) >= 11 is 0. The zero-order chi connectivity index (χ0) is 33.4. The predicted molar refractivity (Wildman–Crippen MR) is 166 cm³/mol. The topological polar surface area (TPSA) is 130 Å². The second-order valence-electron chi connectivity index (χ2n) is 10.3. The van der Waals surface area contributed by atoms with Crippen molar-refractivity contribution in [1.29, 1.82) is 5.26 Å². The molecule has 238 valence electrons. The lowest BCUT2D eigenvalue weighted by atomic mass is 10.00. The zero-order valence-electron chi connectivity index (χ0n) is 25.7. The molecule has 0 atom stereocenters. The first kappa shape index (κ1) is 33.3. The van der Waals surface area contributed by atoms with Crippen LogP contribution < -0.4 is 15.0 Å². The summed E-state index contributed by atoms with van der Waals surface area (Å²) in [6, 6.07) is 19.5. The molecular formula is C33H32F2N6O5. The third-order valence-electron chi connectivity index (χ3n) is 7.10. The van der Waals surface area contributed by atoms with Gasteiger partial charge < -0.3 is 24.6 Å². The Bertz CT molecular complexity index is 1750. The maximum absolute atomic E-state index is 14.9. The Labute approximate surface area is 264 Å². The highest BCUT2D eigenvalue weighted by Crippen LogP contribution is 2.36. The third kappa shape index (κ3) is 7.19. The summed E-state index contributed by atoms with van der Waals surface area (Å²) in [5.74, 6) is -3.82. The molecule has 0 unspecified atom stereocenters. The molecule has 1 aromatic heterocycles. The molecule has 2 heterocycles. The van der Waals surface area contributed by atoms with Crippen LogP contribution in [0.1, 0.15) is 37.5 Å². The average Bonchev–Trinajstić information content (AvgIpc) is 3.48. The SMILES string of the molecule is COCC(=O)N(C)C.COc1ccc(C(=O)Nc2cnn3c2C(=O)N(c2ccc(C(F)(F)c4ccccc4)cc2)CC3)cc1C#N. The second-order valence-corrected chi connectivity index (χ2v) is 10.3. The largest absolute Gasteiger partial charge is 0.495 e. The summed E-state index contributed by atoms with van der Waals surface area (Å²) in [7, 11) is 6.32. The molecule has 0 aliphatic carbocycles. The molecule has 1 aliphatic rings. The number of fused-ring (bicyclic) bond motifs is 1. The van der Waals surface area contributed by atoms with E-state index in [0.717, 1.165) is 0 Å². The van der Waals surface area contributed by atoms with Gasteiger partial charge in [0.15, 0.2) is 0 Å². The first-order valence-corrected chi connectivity index (χ1v) is 14.0. The van der Waals surface area contributed by atoms with E-state index in [1.165, 1.54) is 89.5 Å². The van der Waals surface area contributed by atoms with Crippen molar-refractivity contribution in [3.63, 3.8) is 0 Å². The van der Waals surface area contributed by atoms with E-state index >= 15 is 0 Å². The van der Waals surface area contributed by atoms with Crippen LogP contribution in [0.5, 0.6) is 5.75 Å². The Kier molecular flexibility index (Phi) is 10.5. The van der Waals surface area contributed by atoms with Crippen molar-refractivity contribution in [2.45, 2.75) is 12.5 Å². The summed E-state index contributed by atoms with van der Waals surface area (Å²) in [6.45, 7) is 0.798. The number of nitrogens with zero attached hydrogens (tertiary/aromatic N) is 5. The Balaban J connectivity index is 0.000000533. The van der Waals surface area contributed by atoms with Crippen LogP contribution in [0.3, 0.4) is 0 Å². The number of carbonyl (C=O) groups is 3.